The van der Waals surface area contributed by atoms with Crippen molar-refractivity contribution < 1.29 is 9.18 Å². The van der Waals surface area contributed by atoms with E-state index in [1.807, 2.05) is 6.07 Å². The first kappa shape index (κ1) is 12.2. The summed E-state index contributed by atoms with van der Waals surface area (Å²) in [5.41, 5.74) is -0.150. The van der Waals surface area contributed by atoms with Gasteiger partial charge in [0.25, 0.3) is 0 Å². The Bertz CT molecular complexity index is 422. The molecule has 1 aromatic rings. The number of carbonyl (C=O) groups is 1. The standard InChI is InChI=1S/C12H13FN2O/c1-9(16)15-12(2,8-14)7-10-3-5-11(13)6-4-10/h3-6H,7H2,1-2H3,(H,15,16). The molecule has 0 saturated heterocycles. The highest BCUT2D eigenvalue weighted by Crippen LogP contribution is 2.13. The summed E-state index contributed by atoms with van der Waals surface area (Å²) in [6.45, 7) is 3.00. The van der Waals surface area contributed by atoms with Crippen molar-refractivity contribution in [2.75, 3.05) is 0 Å². The van der Waals surface area contributed by atoms with Crippen molar-refractivity contribution in [2.24, 2.45) is 0 Å². The topological polar surface area (TPSA) is 52.9 Å². The lowest BCUT2D eigenvalue weighted by molar-refractivity contribution is -0.120. The molecular weight excluding hydrogens is 207 g/mol. The third-order valence-corrected chi connectivity index (χ3v) is 2.17. The lowest BCUT2D eigenvalue weighted by Crippen LogP contribution is -2.45. The Hall–Kier alpha value is -1.89. The average Bonchev–Trinajstić information content (AvgIpc) is 2.20. The fraction of sp³-hybridized carbons (Fsp3) is 0.333. The van der Waals surface area contributed by atoms with Crippen LogP contribution < -0.4 is 5.32 Å². The molecule has 1 atom stereocenters. The number of halogens is 1. The maximum Gasteiger partial charge on any atom is 0.218 e. The fourth-order valence-electron chi connectivity index (χ4n) is 1.51. The van der Waals surface area contributed by atoms with Gasteiger partial charge in [-0.3, -0.25) is 4.79 Å². The van der Waals surface area contributed by atoms with E-state index in [0.717, 1.165) is 5.56 Å². The van der Waals surface area contributed by atoms with Crippen LogP contribution in [0.1, 0.15) is 19.4 Å². The van der Waals surface area contributed by atoms with E-state index in [0.29, 0.717) is 6.42 Å². The molecule has 1 amide bonds. The molecule has 1 rings (SSSR count). The Kier molecular flexibility index (Phi) is 3.62. The molecule has 1 aromatic carbocycles. The maximum atomic E-state index is 12.7. The number of hydrogen-bond donors (Lipinski definition) is 1. The Labute approximate surface area is 93.9 Å². The summed E-state index contributed by atoms with van der Waals surface area (Å²) in [5.74, 6) is -0.576. The average molecular weight is 220 g/mol. The van der Waals surface area contributed by atoms with Gasteiger partial charge in [-0.15, -0.1) is 0 Å². The van der Waals surface area contributed by atoms with Crippen molar-refractivity contribution in [1.82, 2.24) is 5.32 Å². The summed E-state index contributed by atoms with van der Waals surface area (Å²) in [7, 11) is 0. The van der Waals surface area contributed by atoms with Crippen molar-refractivity contribution >= 4 is 5.91 Å². The molecule has 3 nitrogen and oxygen atoms in total. The van der Waals surface area contributed by atoms with Crippen LogP contribution in [0.2, 0.25) is 0 Å². The number of hydrogen-bond acceptors (Lipinski definition) is 2. The van der Waals surface area contributed by atoms with Gasteiger partial charge in [0, 0.05) is 13.3 Å². The van der Waals surface area contributed by atoms with Gasteiger partial charge >= 0.3 is 0 Å². The molecule has 1 N–H and O–H groups in total. The molecule has 4 heteroatoms. The summed E-state index contributed by atoms with van der Waals surface area (Å²) in [6.07, 6.45) is 0.351. The molecule has 16 heavy (non-hydrogen) atoms. The van der Waals surface area contributed by atoms with Crippen molar-refractivity contribution in [3.8, 4) is 6.07 Å². The van der Waals surface area contributed by atoms with Crippen LogP contribution in [0.3, 0.4) is 0 Å². The van der Waals surface area contributed by atoms with E-state index in [1.165, 1.54) is 19.1 Å². The smallest absolute Gasteiger partial charge is 0.218 e. The number of amides is 1. The molecule has 0 heterocycles. The van der Waals surface area contributed by atoms with E-state index in [4.69, 9.17) is 5.26 Å². The molecule has 84 valence electrons. The zero-order chi connectivity index (χ0) is 12.2. The van der Waals surface area contributed by atoms with Crippen LogP contribution >= 0.6 is 0 Å². The second-order valence-corrected chi connectivity index (χ2v) is 3.93. The molecule has 0 aliphatic heterocycles. The van der Waals surface area contributed by atoms with Gasteiger partial charge in [0.2, 0.25) is 5.91 Å². The van der Waals surface area contributed by atoms with Crippen molar-refractivity contribution in [2.45, 2.75) is 25.8 Å². The van der Waals surface area contributed by atoms with Crippen LogP contribution in [0.5, 0.6) is 0 Å². The highest BCUT2D eigenvalue weighted by Gasteiger charge is 2.24. The number of nitrogens with zero attached hydrogens (tertiary/aromatic N) is 1. The molecule has 0 spiro atoms. The van der Waals surface area contributed by atoms with Crippen LogP contribution in [-0.2, 0) is 11.2 Å². The minimum absolute atomic E-state index is 0.258. The lowest BCUT2D eigenvalue weighted by atomic mass is 9.94. The highest BCUT2D eigenvalue weighted by molar-refractivity contribution is 5.74. The Morgan fingerprint density at radius 2 is 2.06 bits per heavy atom. The van der Waals surface area contributed by atoms with Gasteiger partial charge in [-0.2, -0.15) is 5.26 Å². The Balaban J connectivity index is 2.81. The molecule has 0 bridgehead atoms. The van der Waals surface area contributed by atoms with E-state index in [2.05, 4.69) is 5.32 Å². The number of carbonyl (C=O) groups excluding carboxylic acids is 1. The molecule has 0 radical (unpaired) electrons. The number of nitriles is 1. The van der Waals surface area contributed by atoms with Gasteiger partial charge < -0.3 is 5.32 Å². The van der Waals surface area contributed by atoms with E-state index >= 15 is 0 Å². The van der Waals surface area contributed by atoms with E-state index < -0.39 is 5.54 Å². The van der Waals surface area contributed by atoms with Crippen LogP contribution in [-0.4, -0.2) is 11.4 Å². The zero-order valence-electron chi connectivity index (χ0n) is 9.25. The molecule has 0 aliphatic rings. The normalized spacial score (nSPS) is 13.6. The van der Waals surface area contributed by atoms with Gasteiger partial charge in [-0.25, -0.2) is 4.39 Å². The molecular formula is C12H13FN2O. The molecule has 0 aliphatic carbocycles. The summed E-state index contributed by atoms with van der Waals surface area (Å²) in [5, 5.41) is 11.6. The van der Waals surface area contributed by atoms with Crippen molar-refractivity contribution in [1.29, 1.82) is 5.26 Å². The first-order valence-corrected chi connectivity index (χ1v) is 4.90. The molecule has 0 aromatic heterocycles. The minimum Gasteiger partial charge on any atom is -0.338 e. The first-order valence-electron chi connectivity index (χ1n) is 4.90. The zero-order valence-corrected chi connectivity index (χ0v) is 9.25. The fourth-order valence-corrected chi connectivity index (χ4v) is 1.51. The summed E-state index contributed by atoms with van der Waals surface area (Å²) < 4.78 is 12.7. The maximum absolute atomic E-state index is 12.7. The van der Waals surface area contributed by atoms with Crippen LogP contribution in [0.15, 0.2) is 24.3 Å². The molecule has 0 saturated carbocycles. The van der Waals surface area contributed by atoms with Gasteiger partial charge in [0.05, 0.1) is 6.07 Å². The van der Waals surface area contributed by atoms with Crippen molar-refractivity contribution in [3.05, 3.63) is 35.6 Å². The van der Waals surface area contributed by atoms with E-state index in [9.17, 15) is 9.18 Å². The second kappa shape index (κ2) is 4.75. The second-order valence-electron chi connectivity index (χ2n) is 3.93. The Morgan fingerprint density at radius 3 is 2.50 bits per heavy atom. The van der Waals surface area contributed by atoms with E-state index in [-0.39, 0.29) is 11.7 Å². The van der Waals surface area contributed by atoms with Gasteiger partial charge in [-0.1, -0.05) is 12.1 Å². The summed E-state index contributed by atoms with van der Waals surface area (Å²) in [4.78, 5) is 10.9. The highest BCUT2D eigenvalue weighted by atomic mass is 19.1. The third kappa shape index (κ3) is 3.35. The number of rotatable bonds is 3. The largest absolute Gasteiger partial charge is 0.338 e. The van der Waals surface area contributed by atoms with E-state index in [1.54, 1.807) is 19.1 Å². The van der Waals surface area contributed by atoms with Crippen molar-refractivity contribution in [3.63, 3.8) is 0 Å². The molecule has 1 unspecified atom stereocenters. The number of nitrogens with one attached hydrogen (secondary N) is 1. The lowest BCUT2D eigenvalue weighted by Gasteiger charge is -2.22. The summed E-state index contributed by atoms with van der Waals surface area (Å²) >= 11 is 0. The third-order valence-electron chi connectivity index (χ3n) is 2.17. The van der Waals surface area contributed by atoms with Gasteiger partial charge in [0.15, 0.2) is 0 Å². The molecule has 0 fully saturated rings. The Morgan fingerprint density at radius 1 is 1.50 bits per heavy atom. The summed E-state index contributed by atoms with van der Waals surface area (Å²) in [6, 6.07) is 7.92. The predicted molar refractivity (Wildman–Crippen MR) is 57.9 cm³/mol. The SMILES string of the molecule is CC(=O)NC(C)(C#N)Cc1ccc(F)cc1. The van der Waals surface area contributed by atoms with Crippen LogP contribution in [0.25, 0.3) is 0 Å². The van der Waals surface area contributed by atoms with Crippen LogP contribution in [0, 0.1) is 17.1 Å². The van der Waals surface area contributed by atoms with Gasteiger partial charge in [0.1, 0.15) is 11.4 Å². The first-order chi connectivity index (χ1) is 7.45. The predicted octanol–water partition coefficient (Wildman–Crippen LogP) is 1.79. The number of benzene rings is 1. The quantitative estimate of drug-likeness (QED) is 0.844. The monoisotopic (exact) mass is 220 g/mol. The van der Waals surface area contributed by atoms with Gasteiger partial charge in [-0.05, 0) is 24.6 Å². The van der Waals surface area contributed by atoms with Crippen LogP contribution in [0.4, 0.5) is 4.39 Å². The minimum atomic E-state index is -0.955.